The smallest absolute Gasteiger partial charge is 0.255 e. The van der Waals surface area contributed by atoms with Gasteiger partial charge in [-0.1, -0.05) is 23.7 Å². The van der Waals surface area contributed by atoms with Crippen molar-refractivity contribution in [2.45, 2.75) is 0 Å². The first-order valence-corrected chi connectivity index (χ1v) is 8.15. The van der Waals surface area contributed by atoms with E-state index in [0.717, 1.165) is 11.5 Å². The summed E-state index contributed by atoms with van der Waals surface area (Å²) in [4.78, 5) is 14.2. The Labute approximate surface area is 144 Å². The van der Waals surface area contributed by atoms with Crippen molar-refractivity contribution in [1.82, 2.24) is 4.90 Å². The molecule has 0 radical (unpaired) electrons. The van der Waals surface area contributed by atoms with Crippen molar-refractivity contribution in [3.05, 3.63) is 53.1 Å². The summed E-state index contributed by atoms with van der Waals surface area (Å²) in [6, 6.07) is 12.6. The lowest BCUT2D eigenvalue weighted by atomic mass is 10.00. The normalized spacial score (nSPS) is 16.0. The van der Waals surface area contributed by atoms with Crippen molar-refractivity contribution in [3.8, 4) is 17.2 Å². The van der Waals surface area contributed by atoms with Gasteiger partial charge in [0.1, 0.15) is 5.75 Å². The number of fused-ring (bicyclic) bond motifs is 1. The van der Waals surface area contributed by atoms with E-state index in [1.165, 1.54) is 0 Å². The first-order chi connectivity index (χ1) is 11.7. The number of carbonyl (C=O) groups is 1. The molecule has 124 valence electrons. The fraction of sp³-hybridized carbons (Fsp3) is 0.278. The Bertz CT molecular complexity index is 773. The van der Waals surface area contributed by atoms with E-state index in [0.29, 0.717) is 41.9 Å². The minimum atomic E-state index is -0.0278. The Hall–Kier alpha value is -2.40. The van der Waals surface area contributed by atoms with Crippen molar-refractivity contribution < 1.29 is 19.0 Å². The second kappa shape index (κ2) is 6.24. The van der Waals surface area contributed by atoms with Gasteiger partial charge in [-0.05, 0) is 24.3 Å². The van der Waals surface area contributed by atoms with Crippen LogP contribution in [0.5, 0.6) is 17.2 Å². The van der Waals surface area contributed by atoms with Crippen LogP contribution in [0, 0.1) is 5.92 Å². The predicted molar refractivity (Wildman–Crippen MR) is 88.9 cm³/mol. The Kier molecular flexibility index (Phi) is 3.94. The van der Waals surface area contributed by atoms with Crippen molar-refractivity contribution in [1.29, 1.82) is 0 Å². The van der Waals surface area contributed by atoms with Crippen LogP contribution in [-0.2, 0) is 0 Å². The van der Waals surface area contributed by atoms with Crippen molar-refractivity contribution in [3.63, 3.8) is 0 Å². The lowest BCUT2D eigenvalue weighted by Gasteiger charge is -2.39. The molecule has 1 amide bonds. The van der Waals surface area contributed by atoms with E-state index in [1.54, 1.807) is 17.0 Å². The number of benzene rings is 2. The maximum Gasteiger partial charge on any atom is 0.255 e. The summed E-state index contributed by atoms with van der Waals surface area (Å²) in [5.74, 6) is 2.48. The molecule has 2 heterocycles. The molecule has 2 aromatic rings. The average Bonchev–Trinajstić information content (AvgIpc) is 3.01. The molecule has 2 aromatic carbocycles. The maximum absolute atomic E-state index is 12.4. The van der Waals surface area contributed by atoms with E-state index >= 15 is 0 Å². The molecule has 0 aliphatic carbocycles. The maximum atomic E-state index is 12.4. The second-order valence-corrected chi connectivity index (χ2v) is 6.29. The molecule has 2 aliphatic rings. The largest absolute Gasteiger partial charge is 0.493 e. The first kappa shape index (κ1) is 15.1. The van der Waals surface area contributed by atoms with Crippen LogP contribution in [0.1, 0.15) is 10.4 Å². The highest BCUT2D eigenvalue weighted by Crippen LogP contribution is 2.35. The molecule has 1 saturated heterocycles. The molecule has 24 heavy (non-hydrogen) atoms. The number of halogens is 1. The zero-order valence-corrected chi connectivity index (χ0v) is 13.7. The SMILES string of the molecule is O=C(c1ccccc1Cl)N1CC(COc2ccc3c(c2)OCO3)C1. The molecule has 2 aliphatic heterocycles. The Balaban J connectivity index is 1.29. The zero-order chi connectivity index (χ0) is 16.5. The van der Waals surface area contributed by atoms with E-state index in [1.807, 2.05) is 30.3 Å². The first-order valence-electron chi connectivity index (χ1n) is 7.77. The minimum Gasteiger partial charge on any atom is -0.493 e. The highest BCUT2D eigenvalue weighted by molar-refractivity contribution is 6.33. The highest BCUT2D eigenvalue weighted by Gasteiger charge is 2.32. The molecule has 0 bridgehead atoms. The van der Waals surface area contributed by atoms with Crippen molar-refractivity contribution in [2.24, 2.45) is 5.92 Å². The van der Waals surface area contributed by atoms with E-state index < -0.39 is 0 Å². The van der Waals surface area contributed by atoms with Crippen molar-refractivity contribution >= 4 is 17.5 Å². The van der Waals surface area contributed by atoms with Gasteiger partial charge < -0.3 is 19.1 Å². The Morgan fingerprint density at radius 2 is 1.96 bits per heavy atom. The van der Waals surface area contributed by atoms with Crippen LogP contribution < -0.4 is 14.2 Å². The van der Waals surface area contributed by atoms with Gasteiger partial charge in [0.25, 0.3) is 5.91 Å². The van der Waals surface area contributed by atoms with E-state index in [9.17, 15) is 4.79 Å². The molecular weight excluding hydrogens is 330 g/mol. The van der Waals surface area contributed by atoms with Gasteiger partial charge in [-0.25, -0.2) is 0 Å². The predicted octanol–water partition coefficient (Wildman–Crippen LogP) is 3.22. The van der Waals surface area contributed by atoms with Gasteiger partial charge >= 0.3 is 0 Å². The Morgan fingerprint density at radius 3 is 2.79 bits per heavy atom. The molecule has 0 unspecified atom stereocenters. The van der Waals surface area contributed by atoms with Crippen LogP contribution in [0.3, 0.4) is 0 Å². The van der Waals surface area contributed by atoms with Gasteiger partial charge in [-0.2, -0.15) is 0 Å². The number of nitrogens with zero attached hydrogens (tertiary/aromatic N) is 1. The molecule has 0 N–H and O–H groups in total. The molecule has 0 saturated carbocycles. The van der Waals surface area contributed by atoms with Crippen LogP contribution in [0.4, 0.5) is 0 Å². The van der Waals surface area contributed by atoms with Crippen molar-refractivity contribution in [2.75, 3.05) is 26.5 Å². The number of hydrogen-bond acceptors (Lipinski definition) is 4. The number of rotatable bonds is 4. The molecule has 0 atom stereocenters. The van der Waals surface area contributed by atoms with E-state index in [-0.39, 0.29) is 12.7 Å². The summed E-state index contributed by atoms with van der Waals surface area (Å²) in [5, 5.41) is 0.488. The minimum absolute atomic E-state index is 0.0278. The van der Waals surface area contributed by atoms with Crippen LogP contribution in [0.25, 0.3) is 0 Å². The zero-order valence-electron chi connectivity index (χ0n) is 12.9. The van der Waals surface area contributed by atoms with Crippen LogP contribution in [0.2, 0.25) is 5.02 Å². The summed E-state index contributed by atoms with van der Waals surface area (Å²) in [6.07, 6.45) is 0. The quantitative estimate of drug-likeness (QED) is 0.853. The van der Waals surface area contributed by atoms with Gasteiger partial charge in [0, 0.05) is 25.1 Å². The van der Waals surface area contributed by atoms with Crippen LogP contribution in [-0.4, -0.2) is 37.3 Å². The number of ether oxygens (including phenoxy) is 3. The number of likely N-dealkylation sites (tertiary alicyclic amines) is 1. The molecule has 0 aromatic heterocycles. The monoisotopic (exact) mass is 345 g/mol. The lowest BCUT2D eigenvalue weighted by Crippen LogP contribution is -2.52. The summed E-state index contributed by atoms with van der Waals surface area (Å²) in [5.41, 5.74) is 0.550. The topological polar surface area (TPSA) is 48.0 Å². The highest BCUT2D eigenvalue weighted by atomic mass is 35.5. The average molecular weight is 346 g/mol. The molecule has 0 spiro atoms. The van der Waals surface area contributed by atoms with Gasteiger partial charge in [0.2, 0.25) is 6.79 Å². The fourth-order valence-electron chi connectivity index (χ4n) is 2.83. The lowest BCUT2D eigenvalue weighted by molar-refractivity contribution is 0.0393. The standard InChI is InChI=1S/C18H16ClNO4/c19-15-4-2-1-3-14(15)18(21)20-8-12(9-20)10-22-13-5-6-16-17(7-13)24-11-23-16/h1-7,12H,8-11H2. The van der Waals surface area contributed by atoms with Crippen LogP contribution in [0.15, 0.2) is 42.5 Å². The third-order valence-corrected chi connectivity index (χ3v) is 4.51. The number of carbonyl (C=O) groups excluding carboxylic acids is 1. The third kappa shape index (κ3) is 2.87. The van der Waals surface area contributed by atoms with Gasteiger partial charge in [-0.15, -0.1) is 0 Å². The molecule has 5 nitrogen and oxygen atoms in total. The van der Waals surface area contributed by atoms with Gasteiger partial charge in [0.05, 0.1) is 17.2 Å². The summed E-state index contributed by atoms with van der Waals surface area (Å²) >= 11 is 6.07. The molecule has 4 rings (SSSR count). The second-order valence-electron chi connectivity index (χ2n) is 5.88. The fourth-order valence-corrected chi connectivity index (χ4v) is 3.04. The molecule has 6 heteroatoms. The van der Waals surface area contributed by atoms with Gasteiger partial charge in [0.15, 0.2) is 11.5 Å². The molecule has 1 fully saturated rings. The Morgan fingerprint density at radius 1 is 1.17 bits per heavy atom. The van der Waals surface area contributed by atoms with E-state index in [4.69, 9.17) is 25.8 Å². The summed E-state index contributed by atoms with van der Waals surface area (Å²) < 4.78 is 16.4. The van der Waals surface area contributed by atoms with Gasteiger partial charge in [-0.3, -0.25) is 4.79 Å². The summed E-state index contributed by atoms with van der Waals surface area (Å²) in [6.45, 7) is 2.16. The van der Waals surface area contributed by atoms with Crippen LogP contribution >= 0.6 is 11.6 Å². The van der Waals surface area contributed by atoms with E-state index in [2.05, 4.69) is 0 Å². The summed E-state index contributed by atoms with van der Waals surface area (Å²) in [7, 11) is 0. The third-order valence-electron chi connectivity index (χ3n) is 4.18. The number of hydrogen-bond donors (Lipinski definition) is 0. The molecular formula is C18H16ClNO4. The number of amides is 1.